The second kappa shape index (κ2) is 15.3. The molecule has 2 unspecified atom stereocenters. The summed E-state index contributed by atoms with van der Waals surface area (Å²) in [6.45, 7) is 11.5. The van der Waals surface area contributed by atoms with E-state index in [0.717, 1.165) is 5.56 Å². The zero-order chi connectivity index (χ0) is 34.3. The number of anilines is 1. The number of nitrogens with one attached hydrogen (secondary N) is 2. The van der Waals surface area contributed by atoms with Gasteiger partial charge in [-0.2, -0.15) is 13.2 Å². The molecule has 2 aromatic carbocycles. The first kappa shape index (κ1) is 36.9. The number of hydrogen-bond donors (Lipinski definition) is 2. The average Bonchev–Trinajstić information content (AvgIpc) is 2.97. The normalized spacial score (nSPS) is 13.6. The van der Waals surface area contributed by atoms with Gasteiger partial charge in [0.15, 0.2) is 21.0 Å². The van der Waals surface area contributed by atoms with Crippen LogP contribution in [-0.4, -0.2) is 50.2 Å². The lowest BCUT2D eigenvalue weighted by atomic mass is 9.98. The molecule has 0 saturated carbocycles. The van der Waals surface area contributed by atoms with Crippen molar-refractivity contribution in [1.29, 1.82) is 0 Å². The minimum absolute atomic E-state index is 0.00939. The van der Waals surface area contributed by atoms with Crippen molar-refractivity contribution in [2.75, 3.05) is 11.9 Å². The van der Waals surface area contributed by atoms with Crippen molar-refractivity contribution in [2.24, 2.45) is 5.92 Å². The molecule has 13 heteroatoms. The number of pyridine rings is 1. The molecule has 0 spiro atoms. The van der Waals surface area contributed by atoms with E-state index in [2.05, 4.69) is 15.6 Å². The predicted octanol–water partition coefficient (Wildman–Crippen LogP) is 8.62. The third-order valence-corrected chi connectivity index (χ3v) is 12.4. The quantitative estimate of drug-likeness (QED) is 0.186. The third-order valence-electron chi connectivity index (χ3n) is 7.71. The summed E-state index contributed by atoms with van der Waals surface area (Å²) in [4.78, 5) is 30.2. The first-order valence-corrected chi connectivity index (χ1v) is 18.1. The summed E-state index contributed by atoms with van der Waals surface area (Å²) in [5.41, 5.74) is 1.98. The van der Waals surface area contributed by atoms with Crippen molar-refractivity contribution in [3.8, 4) is 17.1 Å². The Hall–Kier alpha value is -3.61. The fourth-order valence-corrected chi connectivity index (χ4v) is 5.48. The van der Waals surface area contributed by atoms with Crippen molar-refractivity contribution in [3.05, 3.63) is 77.3 Å². The Bertz CT molecular complexity index is 1470. The van der Waals surface area contributed by atoms with Crippen LogP contribution in [0.1, 0.15) is 40.2 Å². The van der Waals surface area contributed by atoms with E-state index in [0.29, 0.717) is 16.3 Å². The molecule has 1 aromatic heterocycles. The van der Waals surface area contributed by atoms with E-state index in [-0.39, 0.29) is 18.2 Å². The summed E-state index contributed by atoms with van der Waals surface area (Å²) in [5, 5.41) is 5.07. The Labute approximate surface area is 274 Å². The van der Waals surface area contributed by atoms with E-state index in [1.54, 1.807) is 69.4 Å². The van der Waals surface area contributed by atoms with Gasteiger partial charge in [0.2, 0.25) is 5.88 Å². The molecule has 0 radical (unpaired) electrons. The molecule has 46 heavy (non-hydrogen) atoms. The van der Waals surface area contributed by atoms with Gasteiger partial charge in [-0.05, 0) is 53.9 Å². The Kier molecular flexibility index (Phi) is 12.3. The van der Waals surface area contributed by atoms with Gasteiger partial charge < -0.3 is 19.2 Å². The molecule has 0 saturated heterocycles. The number of carbonyl (C=O) groups excluding carboxylic acids is 2. The van der Waals surface area contributed by atoms with E-state index in [4.69, 9.17) is 25.5 Å². The highest BCUT2D eigenvalue weighted by atomic mass is 35.5. The van der Waals surface area contributed by atoms with E-state index in [9.17, 15) is 22.8 Å². The molecule has 0 aliphatic heterocycles. The summed E-state index contributed by atoms with van der Waals surface area (Å²) in [6, 6.07) is 17.6. The van der Waals surface area contributed by atoms with Gasteiger partial charge in [0.1, 0.15) is 12.3 Å². The van der Waals surface area contributed by atoms with Gasteiger partial charge >= 0.3 is 12.3 Å². The smallest absolute Gasteiger partial charge is 0.415 e. The van der Waals surface area contributed by atoms with Gasteiger partial charge in [-0.1, -0.05) is 88.7 Å². The molecule has 0 bridgehead atoms. The van der Waals surface area contributed by atoms with Gasteiger partial charge in [-0.3, -0.25) is 10.1 Å². The number of halogens is 4. The van der Waals surface area contributed by atoms with Crippen molar-refractivity contribution in [2.45, 2.75) is 77.7 Å². The molecule has 2 atom stereocenters. The van der Waals surface area contributed by atoms with E-state index in [1.165, 1.54) is 6.07 Å². The molecule has 2 amide bonds. The summed E-state index contributed by atoms with van der Waals surface area (Å²) < 4.78 is 59.9. The van der Waals surface area contributed by atoms with Crippen LogP contribution in [0.2, 0.25) is 23.2 Å². The van der Waals surface area contributed by atoms with Gasteiger partial charge in [-0.25, -0.2) is 9.78 Å². The van der Waals surface area contributed by atoms with Crippen molar-refractivity contribution < 1.29 is 36.7 Å². The second-order valence-corrected chi connectivity index (χ2v) is 17.9. The van der Waals surface area contributed by atoms with Crippen molar-refractivity contribution in [3.63, 3.8) is 0 Å². The first-order chi connectivity index (χ1) is 21.4. The standard InChI is InChI=1S/C33H41ClF3N3O5Si/c1-21(2)28(29(33(35,36)37)45-46(6,7)32(3,4)5)40-27(41)20-43-30-26(39-31(42)44-19-22-11-9-8-10-12-22)18-17-25(38-30)23-13-15-24(34)16-14-23/h8-18,21,28-29H,19-20H2,1-7H3,(H,39,42)(H,40,41). The molecule has 8 nitrogen and oxygen atoms in total. The van der Waals surface area contributed by atoms with Gasteiger partial charge in [0, 0.05) is 10.6 Å². The number of carbonyl (C=O) groups is 2. The van der Waals surface area contributed by atoms with Crippen LogP contribution in [0, 0.1) is 5.92 Å². The van der Waals surface area contributed by atoms with Crippen LogP contribution >= 0.6 is 11.6 Å². The molecule has 0 aliphatic rings. The van der Waals surface area contributed by atoms with Crippen LogP contribution in [0.25, 0.3) is 11.3 Å². The minimum atomic E-state index is -4.73. The fraction of sp³-hybridized carbons (Fsp3) is 0.424. The monoisotopic (exact) mass is 679 g/mol. The molecule has 3 rings (SSSR count). The van der Waals surface area contributed by atoms with Gasteiger partial charge in [-0.15, -0.1) is 0 Å². The van der Waals surface area contributed by atoms with E-state index < -0.39 is 56.2 Å². The maximum Gasteiger partial charge on any atom is 0.415 e. The largest absolute Gasteiger partial charge is 0.466 e. The molecule has 1 heterocycles. The highest BCUT2D eigenvalue weighted by Crippen LogP contribution is 2.41. The van der Waals surface area contributed by atoms with Gasteiger partial charge in [0.25, 0.3) is 5.91 Å². The molecule has 250 valence electrons. The Morgan fingerprint density at radius 2 is 1.59 bits per heavy atom. The SMILES string of the molecule is CC(C)C(NC(=O)COc1nc(-c2ccc(Cl)cc2)ccc1NC(=O)OCc1ccccc1)C(O[Si](C)(C)C(C)(C)C)C(F)(F)F. The number of rotatable bonds is 12. The maximum atomic E-state index is 14.4. The minimum Gasteiger partial charge on any atom is -0.466 e. The van der Waals surface area contributed by atoms with Crippen molar-refractivity contribution in [1.82, 2.24) is 10.3 Å². The van der Waals surface area contributed by atoms with Crippen molar-refractivity contribution >= 4 is 37.6 Å². The van der Waals surface area contributed by atoms with Crippen LogP contribution in [0.15, 0.2) is 66.7 Å². The number of hydrogen-bond acceptors (Lipinski definition) is 6. The molecular weight excluding hydrogens is 639 g/mol. The lowest BCUT2D eigenvalue weighted by Crippen LogP contribution is -2.59. The molecule has 0 fully saturated rings. The average molecular weight is 680 g/mol. The van der Waals surface area contributed by atoms with Crippen LogP contribution in [-0.2, 0) is 20.6 Å². The van der Waals surface area contributed by atoms with E-state index >= 15 is 0 Å². The summed E-state index contributed by atoms with van der Waals surface area (Å²) in [6.07, 6.45) is -7.75. The zero-order valence-corrected chi connectivity index (χ0v) is 28.8. The second-order valence-electron chi connectivity index (χ2n) is 12.7. The number of alkyl halides is 3. The highest BCUT2D eigenvalue weighted by molar-refractivity contribution is 6.74. The Morgan fingerprint density at radius 3 is 2.15 bits per heavy atom. The fourth-order valence-electron chi connectivity index (χ4n) is 4.09. The molecule has 3 aromatic rings. The van der Waals surface area contributed by atoms with Crippen LogP contribution in [0.5, 0.6) is 5.88 Å². The number of aromatic nitrogens is 1. The highest BCUT2D eigenvalue weighted by Gasteiger charge is 2.52. The number of benzene rings is 2. The van der Waals surface area contributed by atoms with Crippen LogP contribution < -0.4 is 15.4 Å². The Morgan fingerprint density at radius 1 is 0.957 bits per heavy atom. The predicted molar refractivity (Wildman–Crippen MR) is 175 cm³/mol. The third kappa shape index (κ3) is 10.5. The zero-order valence-electron chi connectivity index (χ0n) is 27.0. The van der Waals surface area contributed by atoms with Gasteiger partial charge in [0.05, 0.1) is 11.7 Å². The van der Waals surface area contributed by atoms with Crippen LogP contribution in [0.3, 0.4) is 0 Å². The Balaban J connectivity index is 1.82. The number of ether oxygens (including phenoxy) is 2. The number of nitrogens with zero attached hydrogens (tertiary/aromatic N) is 1. The number of amides is 2. The lowest BCUT2D eigenvalue weighted by Gasteiger charge is -2.42. The summed E-state index contributed by atoms with van der Waals surface area (Å²) >= 11 is 6.01. The van der Waals surface area contributed by atoms with E-state index in [1.807, 2.05) is 39.0 Å². The first-order valence-electron chi connectivity index (χ1n) is 14.8. The lowest BCUT2D eigenvalue weighted by molar-refractivity contribution is -0.210. The summed E-state index contributed by atoms with van der Waals surface area (Å²) in [5.74, 6) is -1.57. The maximum absolute atomic E-state index is 14.4. The molecule has 2 N–H and O–H groups in total. The molecule has 0 aliphatic carbocycles. The molecular formula is C33H41ClF3N3O5Si. The van der Waals surface area contributed by atoms with Crippen LogP contribution in [0.4, 0.5) is 23.7 Å². The summed E-state index contributed by atoms with van der Waals surface area (Å²) in [7, 11) is -2.88. The topological polar surface area (TPSA) is 98.8 Å².